The summed E-state index contributed by atoms with van der Waals surface area (Å²) in [4.78, 5) is 0. The summed E-state index contributed by atoms with van der Waals surface area (Å²) >= 11 is 5.15. The smallest absolute Gasteiger partial charge is 0.416 e. The van der Waals surface area contributed by atoms with E-state index in [4.69, 9.17) is 12.2 Å². The lowest BCUT2D eigenvalue weighted by Crippen LogP contribution is -2.28. The first-order valence-electron chi connectivity index (χ1n) is 12.1. The second-order valence-electron chi connectivity index (χ2n) is 9.26. The van der Waals surface area contributed by atoms with Gasteiger partial charge in [0, 0.05) is 28.9 Å². The van der Waals surface area contributed by atoms with Crippen LogP contribution in [0.4, 0.5) is 32.0 Å². The van der Waals surface area contributed by atoms with Crippen molar-refractivity contribution < 1.29 is 36.6 Å². The van der Waals surface area contributed by atoms with Crippen molar-refractivity contribution in [3.05, 3.63) is 102 Å². The van der Waals surface area contributed by atoms with E-state index in [0.717, 1.165) is 10.8 Å². The normalized spacial score (nSPS) is 12.0. The molecule has 0 bridgehead atoms. The van der Waals surface area contributed by atoms with Gasteiger partial charge in [0.2, 0.25) is 0 Å². The molecule has 0 atom stereocenters. The van der Waals surface area contributed by atoms with E-state index < -0.39 is 29.2 Å². The minimum Gasteiger partial charge on any atom is -0.507 e. The summed E-state index contributed by atoms with van der Waals surface area (Å²) in [6, 6.07) is 20.5. The standard InChI is InChI=1S/C30H20F6N2O2S/c31-29(32,33)19-12-20(30(34,35)36)14-21(13-19)38-28(41)37-15-18-11-17-6-2-4-8-23(17)26(27(18)40)25-22-7-3-1-5-16(22)9-10-24(25)39/h1-14,39-40H,15H2,(H2,37,38,41). The van der Waals surface area contributed by atoms with E-state index in [-0.39, 0.29) is 29.2 Å². The predicted molar refractivity (Wildman–Crippen MR) is 150 cm³/mol. The van der Waals surface area contributed by atoms with Crippen LogP contribution in [0.25, 0.3) is 32.7 Å². The average molecular weight is 587 g/mol. The number of phenols is 2. The average Bonchev–Trinajstić information content (AvgIpc) is 2.91. The zero-order valence-electron chi connectivity index (χ0n) is 20.9. The van der Waals surface area contributed by atoms with Crippen molar-refractivity contribution >= 4 is 44.6 Å². The summed E-state index contributed by atoms with van der Waals surface area (Å²) in [7, 11) is 0. The molecular weight excluding hydrogens is 566 g/mol. The van der Waals surface area contributed by atoms with Crippen LogP contribution in [0.15, 0.2) is 84.9 Å². The van der Waals surface area contributed by atoms with E-state index in [9.17, 15) is 36.6 Å². The molecule has 210 valence electrons. The van der Waals surface area contributed by atoms with Gasteiger partial charge in [-0.2, -0.15) is 26.3 Å². The Morgan fingerprint density at radius 3 is 1.85 bits per heavy atom. The van der Waals surface area contributed by atoms with Crippen molar-refractivity contribution in [2.45, 2.75) is 18.9 Å². The molecule has 0 saturated heterocycles. The molecular formula is C30H20F6N2O2S. The summed E-state index contributed by atoms with van der Waals surface area (Å²) in [6.07, 6.45) is -10.0. The number of anilines is 1. The monoisotopic (exact) mass is 586 g/mol. The molecule has 5 aromatic carbocycles. The lowest BCUT2D eigenvalue weighted by atomic mass is 9.90. The van der Waals surface area contributed by atoms with Gasteiger partial charge in [-0.05, 0) is 64.1 Å². The third-order valence-electron chi connectivity index (χ3n) is 6.54. The van der Waals surface area contributed by atoms with Crippen molar-refractivity contribution in [2.24, 2.45) is 0 Å². The number of nitrogens with one attached hydrogen (secondary N) is 2. The molecule has 0 fully saturated rings. The van der Waals surface area contributed by atoms with Crippen molar-refractivity contribution in [1.29, 1.82) is 0 Å². The highest BCUT2D eigenvalue weighted by Gasteiger charge is 2.37. The van der Waals surface area contributed by atoms with Crippen LogP contribution in [-0.2, 0) is 18.9 Å². The maximum absolute atomic E-state index is 13.2. The Balaban J connectivity index is 1.50. The van der Waals surface area contributed by atoms with E-state index >= 15 is 0 Å². The summed E-state index contributed by atoms with van der Waals surface area (Å²) in [6.45, 7) is -0.133. The fourth-order valence-corrected chi connectivity index (χ4v) is 4.87. The Morgan fingerprint density at radius 1 is 0.683 bits per heavy atom. The number of alkyl halides is 6. The topological polar surface area (TPSA) is 64.5 Å². The molecule has 4 N–H and O–H groups in total. The third kappa shape index (κ3) is 5.71. The predicted octanol–water partition coefficient (Wildman–Crippen LogP) is 8.60. The second kappa shape index (κ2) is 10.5. The summed E-state index contributed by atoms with van der Waals surface area (Å²) in [5.41, 5.74) is -2.37. The molecule has 0 radical (unpaired) electrons. The summed E-state index contributed by atoms with van der Waals surface area (Å²) in [5, 5.41) is 30.0. The molecule has 41 heavy (non-hydrogen) atoms. The molecule has 11 heteroatoms. The number of fused-ring (bicyclic) bond motifs is 2. The van der Waals surface area contributed by atoms with Crippen molar-refractivity contribution in [2.75, 3.05) is 5.32 Å². The fourth-order valence-electron chi connectivity index (χ4n) is 4.68. The van der Waals surface area contributed by atoms with Gasteiger partial charge in [0.25, 0.3) is 0 Å². The third-order valence-corrected chi connectivity index (χ3v) is 6.79. The van der Waals surface area contributed by atoms with Crippen LogP contribution in [0.5, 0.6) is 11.5 Å². The molecule has 0 aliphatic heterocycles. The van der Waals surface area contributed by atoms with E-state index in [2.05, 4.69) is 10.6 Å². The number of hydrogen-bond acceptors (Lipinski definition) is 3. The van der Waals surface area contributed by atoms with Crippen molar-refractivity contribution in [1.82, 2.24) is 5.32 Å². The Kier molecular flexibility index (Phi) is 7.16. The molecule has 0 amide bonds. The number of aromatic hydroxyl groups is 2. The highest BCUT2D eigenvalue weighted by molar-refractivity contribution is 7.80. The van der Waals surface area contributed by atoms with Crippen LogP contribution in [0.3, 0.4) is 0 Å². The van der Waals surface area contributed by atoms with E-state index in [0.29, 0.717) is 39.6 Å². The highest BCUT2D eigenvalue weighted by atomic mass is 32.1. The van der Waals surface area contributed by atoms with E-state index in [1.54, 1.807) is 36.4 Å². The fraction of sp³-hybridized carbons (Fsp3) is 0.100. The van der Waals surface area contributed by atoms with Gasteiger partial charge in [0.15, 0.2) is 5.11 Å². The molecule has 5 aromatic rings. The Labute approximate surface area is 234 Å². The minimum atomic E-state index is -5.01. The molecule has 0 aliphatic rings. The number of halogens is 6. The first kappa shape index (κ1) is 28.0. The summed E-state index contributed by atoms with van der Waals surface area (Å²) in [5.74, 6) is -0.236. The Morgan fingerprint density at radius 2 is 1.24 bits per heavy atom. The van der Waals surface area contributed by atoms with Crippen molar-refractivity contribution in [3.8, 4) is 22.6 Å². The zero-order chi connectivity index (χ0) is 29.5. The van der Waals surface area contributed by atoms with Crippen molar-refractivity contribution in [3.63, 3.8) is 0 Å². The first-order chi connectivity index (χ1) is 19.3. The Hall–Kier alpha value is -4.51. The molecule has 0 aromatic heterocycles. The minimum absolute atomic E-state index is 0.0268. The molecule has 0 saturated carbocycles. The highest BCUT2D eigenvalue weighted by Crippen LogP contribution is 2.46. The van der Waals surface area contributed by atoms with Gasteiger partial charge in [-0.25, -0.2) is 0 Å². The lowest BCUT2D eigenvalue weighted by molar-refractivity contribution is -0.143. The van der Waals surface area contributed by atoms with Gasteiger partial charge in [-0.3, -0.25) is 0 Å². The van der Waals surface area contributed by atoms with Crippen LogP contribution in [0.2, 0.25) is 0 Å². The lowest BCUT2D eigenvalue weighted by Gasteiger charge is -2.19. The van der Waals surface area contributed by atoms with Gasteiger partial charge in [0.05, 0.1) is 11.1 Å². The SMILES string of the molecule is Oc1ccc2ccccc2c1-c1c(O)c(CNC(=S)Nc2cc(C(F)(F)F)cc(C(F)(F)F)c2)cc2ccccc12. The molecule has 0 unspecified atom stereocenters. The number of rotatable bonds is 4. The maximum atomic E-state index is 13.2. The van der Waals surface area contributed by atoms with Gasteiger partial charge in [-0.1, -0.05) is 54.6 Å². The first-order valence-corrected chi connectivity index (χ1v) is 12.5. The molecule has 0 heterocycles. The van der Waals surface area contributed by atoms with Gasteiger partial charge in [-0.15, -0.1) is 0 Å². The van der Waals surface area contributed by atoms with Gasteiger partial charge < -0.3 is 20.8 Å². The maximum Gasteiger partial charge on any atom is 0.416 e. The molecule has 5 rings (SSSR count). The molecule has 0 aliphatic carbocycles. The van der Waals surface area contributed by atoms with Crippen LogP contribution in [-0.4, -0.2) is 15.3 Å². The van der Waals surface area contributed by atoms with Gasteiger partial charge in [0.1, 0.15) is 11.5 Å². The van der Waals surface area contributed by atoms with Gasteiger partial charge >= 0.3 is 12.4 Å². The van der Waals surface area contributed by atoms with Crippen LogP contribution in [0.1, 0.15) is 16.7 Å². The number of phenolic OH excluding ortho intramolecular Hbond substituents is 2. The van der Waals surface area contributed by atoms with Crippen LogP contribution >= 0.6 is 12.2 Å². The van der Waals surface area contributed by atoms with E-state index in [1.807, 2.05) is 24.3 Å². The number of benzene rings is 5. The Bertz CT molecular complexity index is 1770. The molecule has 4 nitrogen and oxygen atoms in total. The quantitative estimate of drug-likeness (QED) is 0.126. The summed E-state index contributed by atoms with van der Waals surface area (Å²) < 4.78 is 79.4. The van der Waals surface area contributed by atoms with Crippen LogP contribution in [0, 0.1) is 0 Å². The van der Waals surface area contributed by atoms with E-state index in [1.165, 1.54) is 6.07 Å². The second-order valence-corrected chi connectivity index (χ2v) is 9.67. The molecule has 0 spiro atoms. The number of thiocarbonyl (C=S) groups is 1. The van der Waals surface area contributed by atoms with Crippen LogP contribution < -0.4 is 10.6 Å². The largest absolute Gasteiger partial charge is 0.507 e. The number of hydrogen-bond donors (Lipinski definition) is 4. The zero-order valence-corrected chi connectivity index (χ0v) is 21.7.